The van der Waals surface area contributed by atoms with Crippen molar-refractivity contribution in [2.45, 2.75) is 0 Å². The molecule has 0 aliphatic rings. The highest BCUT2D eigenvalue weighted by atomic mass is 32.1. The number of anilines is 3. The maximum Gasteiger partial charge on any atom is 0.195 e. The summed E-state index contributed by atoms with van der Waals surface area (Å²) in [7, 11) is 0. The second-order valence-electron chi connectivity index (χ2n) is 12.6. The molecule has 0 radical (unpaired) electrons. The molecular weight excluding hydrogens is 655 g/mol. The monoisotopic (exact) mass is 685 g/mol. The zero-order valence-electron chi connectivity index (χ0n) is 28.1. The van der Waals surface area contributed by atoms with E-state index in [0.29, 0.717) is 16.6 Å². The summed E-state index contributed by atoms with van der Waals surface area (Å²) >= 11 is 1.64. The van der Waals surface area contributed by atoms with Crippen LogP contribution in [0.5, 0.6) is 0 Å². The Hall–Kier alpha value is -6.69. The van der Waals surface area contributed by atoms with E-state index in [1.807, 2.05) is 84.9 Å². The molecule has 0 amide bonds. The first-order valence-electron chi connectivity index (χ1n) is 17.2. The second kappa shape index (κ2) is 13.6. The maximum absolute atomic E-state index is 14.1. The Balaban J connectivity index is 1.11. The van der Waals surface area contributed by atoms with Gasteiger partial charge >= 0.3 is 0 Å². The molecule has 0 saturated heterocycles. The largest absolute Gasteiger partial charge is 0.310 e. The maximum atomic E-state index is 14.1. The number of benzene rings is 7. The van der Waals surface area contributed by atoms with Gasteiger partial charge in [-0.2, -0.15) is 0 Å². The molecule has 0 unspecified atom stereocenters. The van der Waals surface area contributed by atoms with Crippen molar-refractivity contribution in [3.63, 3.8) is 0 Å². The van der Waals surface area contributed by atoms with Crippen LogP contribution in [0, 0.1) is 0 Å². The van der Waals surface area contributed by atoms with Crippen LogP contribution < -0.4 is 10.3 Å². The molecule has 2 heterocycles. The molecule has 0 fully saturated rings. The quantitative estimate of drug-likeness (QED) is 0.157. The Morgan fingerprint density at radius 2 is 0.923 bits per heavy atom. The molecule has 9 rings (SSSR count). The third-order valence-corrected chi connectivity index (χ3v) is 10.4. The molecule has 7 aromatic carbocycles. The second-order valence-corrected chi connectivity index (χ2v) is 13.7. The molecule has 0 aliphatic heterocycles. The minimum atomic E-state index is 0.0193. The summed E-state index contributed by atoms with van der Waals surface area (Å²) in [6, 6.07) is 63.8. The molecule has 0 aliphatic carbocycles. The first-order chi connectivity index (χ1) is 25.7. The van der Waals surface area contributed by atoms with Gasteiger partial charge < -0.3 is 4.90 Å². The normalized spacial score (nSPS) is 11.2. The summed E-state index contributed by atoms with van der Waals surface area (Å²) in [5, 5.41) is 1.40. The molecular formula is C47H31N3OS. The van der Waals surface area contributed by atoms with Crippen LogP contribution in [0.15, 0.2) is 193 Å². The van der Waals surface area contributed by atoms with E-state index < -0.39 is 0 Å². The highest BCUT2D eigenvalue weighted by molar-refractivity contribution is 7.24. The Morgan fingerprint density at radius 3 is 1.60 bits per heavy atom. The van der Waals surface area contributed by atoms with E-state index in [0.717, 1.165) is 65.7 Å². The summed E-state index contributed by atoms with van der Waals surface area (Å²) < 4.78 is 1.89. The van der Waals surface area contributed by atoms with Crippen molar-refractivity contribution in [1.29, 1.82) is 0 Å². The molecule has 52 heavy (non-hydrogen) atoms. The van der Waals surface area contributed by atoms with E-state index in [-0.39, 0.29) is 5.43 Å². The Labute approximate surface area is 305 Å². The summed E-state index contributed by atoms with van der Waals surface area (Å²) in [5.74, 6) is 0.646. The Bertz CT molecular complexity index is 2650. The average molecular weight is 686 g/mol. The minimum Gasteiger partial charge on any atom is -0.310 e. The SMILES string of the molecule is O=c1c2ccc(-c3cccc(N(c4ccccc4)c4ccccc4)c3)cc2sc2ccc(-c3cc(-c4ccccc4)nc(-c4ccccc4)n3)cc12. The van der Waals surface area contributed by atoms with Crippen LogP contribution in [0.1, 0.15) is 0 Å². The Morgan fingerprint density at radius 1 is 0.385 bits per heavy atom. The average Bonchev–Trinajstić information content (AvgIpc) is 3.22. The van der Waals surface area contributed by atoms with Crippen LogP contribution in [0.3, 0.4) is 0 Å². The zero-order chi connectivity index (χ0) is 34.9. The molecule has 5 heteroatoms. The van der Waals surface area contributed by atoms with Crippen molar-refractivity contribution in [3.05, 3.63) is 198 Å². The van der Waals surface area contributed by atoms with Gasteiger partial charge in [0.25, 0.3) is 0 Å². The van der Waals surface area contributed by atoms with Crippen molar-refractivity contribution in [2.75, 3.05) is 4.90 Å². The standard InChI is InChI=1S/C47H31N3OS/c51-46-40-26-24-35(34-18-13-23-39(28-34)50(37-19-9-3-10-20-37)38-21-11-4-12-22-38)30-45(40)52-44-27-25-36(29-41(44)46)43-31-42(32-14-5-1-6-15-32)48-47(49-43)33-16-7-2-8-17-33/h1-31H. The summed E-state index contributed by atoms with van der Waals surface area (Å²) in [6.45, 7) is 0. The summed E-state index contributed by atoms with van der Waals surface area (Å²) in [5.41, 5.74) is 9.83. The number of hydrogen-bond donors (Lipinski definition) is 0. The van der Waals surface area contributed by atoms with Gasteiger partial charge in [-0.15, -0.1) is 11.3 Å². The number of fused-ring (bicyclic) bond motifs is 2. The van der Waals surface area contributed by atoms with Crippen molar-refractivity contribution >= 4 is 48.6 Å². The highest BCUT2D eigenvalue weighted by Crippen LogP contribution is 2.38. The first-order valence-corrected chi connectivity index (χ1v) is 18.0. The summed E-state index contributed by atoms with van der Waals surface area (Å²) in [6.07, 6.45) is 0. The van der Waals surface area contributed by atoms with E-state index in [9.17, 15) is 4.79 Å². The van der Waals surface area contributed by atoms with Crippen LogP contribution in [0.2, 0.25) is 0 Å². The van der Waals surface area contributed by atoms with Crippen molar-refractivity contribution in [3.8, 4) is 45.0 Å². The fourth-order valence-corrected chi connectivity index (χ4v) is 7.78. The van der Waals surface area contributed by atoms with Gasteiger partial charge in [0.05, 0.1) is 11.4 Å². The third kappa shape index (κ3) is 6.04. The van der Waals surface area contributed by atoms with E-state index >= 15 is 0 Å². The summed E-state index contributed by atoms with van der Waals surface area (Å²) in [4.78, 5) is 26.3. The molecule has 9 aromatic rings. The smallest absolute Gasteiger partial charge is 0.195 e. The van der Waals surface area contributed by atoms with Crippen molar-refractivity contribution in [2.24, 2.45) is 0 Å². The molecule has 0 N–H and O–H groups in total. The van der Waals surface area contributed by atoms with E-state index in [1.165, 1.54) is 0 Å². The molecule has 4 nitrogen and oxygen atoms in total. The van der Waals surface area contributed by atoms with Gasteiger partial charge in [0.2, 0.25) is 0 Å². The lowest BCUT2D eigenvalue weighted by Crippen LogP contribution is -2.09. The molecule has 0 spiro atoms. The minimum absolute atomic E-state index is 0.0193. The number of hydrogen-bond acceptors (Lipinski definition) is 5. The van der Waals surface area contributed by atoms with Crippen LogP contribution >= 0.6 is 11.3 Å². The molecule has 0 bridgehead atoms. The lowest BCUT2D eigenvalue weighted by Gasteiger charge is -2.26. The predicted molar refractivity (Wildman–Crippen MR) is 218 cm³/mol. The number of nitrogens with zero attached hydrogens (tertiary/aromatic N) is 3. The third-order valence-electron chi connectivity index (χ3n) is 9.26. The fourth-order valence-electron chi connectivity index (χ4n) is 6.69. The lowest BCUT2D eigenvalue weighted by atomic mass is 10.0. The molecule has 2 aromatic heterocycles. The lowest BCUT2D eigenvalue weighted by molar-refractivity contribution is 1.18. The van der Waals surface area contributed by atoms with Gasteiger partial charge in [0, 0.05) is 53.9 Å². The Kier molecular flexibility index (Phi) is 8.16. The van der Waals surface area contributed by atoms with Crippen LogP contribution in [0.4, 0.5) is 17.1 Å². The van der Waals surface area contributed by atoms with Crippen molar-refractivity contribution in [1.82, 2.24) is 9.97 Å². The van der Waals surface area contributed by atoms with Crippen LogP contribution in [-0.4, -0.2) is 9.97 Å². The van der Waals surface area contributed by atoms with E-state index in [4.69, 9.17) is 9.97 Å². The van der Waals surface area contributed by atoms with Gasteiger partial charge in [0.1, 0.15) is 0 Å². The van der Waals surface area contributed by atoms with E-state index in [2.05, 4.69) is 108 Å². The fraction of sp³-hybridized carbons (Fsp3) is 0. The first kappa shape index (κ1) is 31.3. The van der Waals surface area contributed by atoms with Gasteiger partial charge in [-0.1, -0.05) is 121 Å². The predicted octanol–water partition coefficient (Wildman–Crippen LogP) is 12.3. The van der Waals surface area contributed by atoms with Crippen LogP contribution in [-0.2, 0) is 0 Å². The number of rotatable bonds is 7. The molecule has 0 saturated carbocycles. The number of aromatic nitrogens is 2. The van der Waals surface area contributed by atoms with Gasteiger partial charge in [-0.3, -0.25) is 4.79 Å². The highest BCUT2D eigenvalue weighted by Gasteiger charge is 2.15. The molecule has 0 atom stereocenters. The van der Waals surface area contributed by atoms with Gasteiger partial charge in [-0.25, -0.2) is 9.97 Å². The zero-order valence-corrected chi connectivity index (χ0v) is 28.9. The number of para-hydroxylation sites is 2. The van der Waals surface area contributed by atoms with Gasteiger partial charge in [-0.05, 0) is 77.9 Å². The van der Waals surface area contributed by atoms with Crippen LogP contribution in [0.25, 0.3) is 65.2 Å². The van der Waals surface area contributed by atoms with E-state index in [1.54, 1.807) is 11.3 Å². The van der Waals surface area contributed by atoms with Gasteiger partial charge in [0.15, 0.2) is 11.3 Å². The topological polar surface area (TPSA) is 46.1 Å². The molecule has 246 valence electrons. The van der Waals surface area contributed by atoms with Crippen molar-refractivity contribution < 1.29 is 0 Å².